The van der Waals surface area contributed by atoms with Crippen molar-refractivity contribution in [2.45, 2.75) is 25.9 Å². The molecule has 2 aromatic rings. The van der Waals surface area contributed by atoms with Crippen molar-refractivity contribution >= 4 is 27.5 Å². The maximum Gasteiger partial charge on any atom is 0.124 e. The van der Waals surface area contributed by atoms with Crippen LogP contribution in [0.1, 0.15) is 37.1 Å². The third-order valence-electron chi connectivity index (χ3n) is 3.30. The van der Waals surface area contributed by atoms with Gasteiger partial charge in [0.25, 0.3) is 0 Å². The van der Waals surface area contributed by atoms with Gasteiger partial charge in [0.15, 0.2) is 0 Å². The molecule has 0 spiro atoms. The van der Waals surface area contributed by atoms with Gasteiger partial charge in [0.2, 0.25) is 0 Å². The Hall–Kier alpha value is -0.900. The zero-order valence-corrected chi connectivity index (χ0v) is 13.7. The second-order valence-corrected chi connectivity index (χ2v) is 6.15. The molecule has 1 N–H and O–H groups in total. The van der Waals surface area contributed by atoms with Crippen LogP contribution in [0, 0.1) is 5.82 Å². The largest absolute Gasteiger partial charge is 0.304 e. The van der Waals surface area contributed by atoms with Gasteiger partial charge in [-0.2, -0.15) is 0 Å². The molecule has 106 valence electrons. The Balaban J connectivity index is 2.10. The monoisotopic (exact) mass is 355 g/mol. The number of benzene rings is 2. The molecular formula is C16H16BrClFN. The Kier molecular flexibility index (Phi) is 5.19. The molecule has 2 aromatic carbocycles. The van der Waals surface area contributed by atoms with Gasteiger partial charge in [-0.3, -0.25) is 0 Å². The van der Waals surface area contributed by atoms with E-state index in [9.17, 15) is 4.39 Å². The van der Waals surface area contributed by atoms with Crippen LogP contribution in [0.3, 0.4) is 0 Å². The fourth-order valence-electron chi connectivity index (χ4n) is 2.17. The highest BCUT2D eigenvalue weighted by Crippen LogP contribution is 2.26. The van der Waals surface area contributed by atoms with Crippen LogP contribution in [-0.4, -0.2) is 0 Å². The summed E-state index contributed by atoms with van der Waals surface area (Å²) in [6.45, 7) is 4.12. The Labute approximate surface area is 132 Å². The maximum atomic E-state index is 13.1. The lowest BCUT2D eigenvalue weighted by Crippen LogP contribution is -2.22. The number of hydrogen-bond donors (Lipinski definition) is 1. The van der Waals surface area contributed by atoms with E-state index in [-0.39, 0.29) is 17.9 Å². The van der Waals surface area contributed by atoms with Gasteiger partial charge in [-0.25, -0.2) is 4.39 Å². The van der Waals surface area contributed by atoms with E-state index in [1.54, 1.807) is 6.07 Å². The fourth-order valence-corrected chi connectivity index (χ4v) is 2.76. The average molecular weight is 357 g/mol. The lowest BCUT2D eigenvalue weighted by molar-refractivity contribution is 0.494. The lowest BCUT2D eigenvalue weighted by atomic mass is 10.0. The summed E-state index contributed by atoms with van der Waals surface area (Å²) < 4.78 is 14.1. The number of halogens is 3. The third kappa shape index (κ3) is 3.81. The first-order valence-electron chi connectivity index (χ1n) is 6.44. The van der Waals surface area contributed by atoms with Crippen LogP contribution in [-0.2, 0) is 0 Å². The highest BCUT2D eigenvalue weighted by atomic mass is 79.9. The van der Waals surface area contributed by atoms with E-state index in [0.717, 1.165) is 10.0 Å². The van der Waals surface area contributed by atoms with Crippen LogP contribution in [0.2, 0.25) is 5.02 Å². The molecule has 20 heavy (non-hydrogen) atoms. The van der Waals surface area contributed by atoms with E-state index in [2.05, 4.69) is 40.3 Å². The highest BCUT2D eigenvalue weighted by Gasteiger charge is 2.14. The van der Waals surface area contributed by atoms with E-state index in [1.165, 1.54) is 17.7 Å². The van der Waals surface area contributed by atoms with Gasteiger partial charge in [-0.1, -0.05) is 45.7 Å². The summed E-state index contributed by atoms with van der Waals surface area (Å²) in [5.74, 6) is -0.313. The number of rotatable bonds is 4. The average Bonchev–Trinajstić information content (AvgIpc) is 2.39. The summed E-state index contributed by atoms with van der Waals surface area (Å²) >= 11 is 9.51. The van der Waals surface area contributed by atoms with Gasteiger partial charge < -0.3 is 5.32 Å². The predicted molar refractivity (Wildman–Crippen MR) is 85.5 cm³/mol. The van der Waals surface area contributed by atoms with Gasteiger partial charge in [0.05, 0.1) is 0 Å². The van der Waals surface area contributed by atoms with Crippen molar-refractivity contribution < 1.29 is 4.39 Å². The van der Waals surface area contributed by atoms with Gasteiger partial charge in [0, 0.05) is 21.6 Å². The summed E-state index contributed by atoms with van der Waals surface area (Å²) in [5, 5.41) is 3.92. The summed E-state index contributed by atoms with van der Waals surface area (Å²) in [6, 6.07) is 12.9. The molecule has 0 fully saturated rings. The SMILES string of the molecule is CC(NC(C)c1ccc(F)cc1Cl)c1ccc(Br)cc1. The molecule has 0 aromatic heterocycles. The Bertz CT molecular complexity index is 586. The maximum absolute atomic E-state index is 13.1. The van der Waals surface area contributed by atoms with Crippen LogP contribution < -0.4 is 5.32 Å². The second-order valence-electron chi connectivity index (χ2n) is 4.83. The minimum Gasteiger partial charge on any atom is -0.304 e. The Morgan fingerprint density at radius 1 is 1.05 bits per heavy atom. The third-order valence-corrected chi connectivity index (χ3v) is 4.16. The van der Waals surface area contributed by atoms with Gasteiger partial charge in [0.1, 0.15) is 5.82 Å². The molecule has 0 amide bonds. The normalized spacial score (nSPS) is 14.1. The molecule has 0 radical (unpaired) electrons. The number of nitrogens with one attached hydrogen (secondary N) is 1. The quantitative estimate of drug-likeness (QED) is 0.746. The molecule has 0 aliphatic rings. The Morgan fingerprint density at radius 3 is 2.30 bits per heavy atom. The van der Waals surface area contributed by atoms with Crippen molar-refractivity contribution in [3.63, 3.8) is 0 Å². The summed E-state index contributed by atoms with van der Waals surface area (Å²) in [7, 11) is 0. The molecule has 2 atom stereocenters. The lowest BCUT2D eigenvalue weighted by Gasteiger charge is -2.21. The van der Waals surface area contributed by atoms with E-state index in [0.29, 0.717) is 5.02 Å². The number of hydrogen-bond acceptors (Lipinski definition) is 1. The van der Waals surface area contributed by atoms with Crippen LogP contribution in [0.5, 0.6) is 0 Å². The first kappa shape index (κ1) is 15.5. The topological polar surface area (TPSA) is 12.0 Å². The summed E-state index contributed by atoms with van der Waals surface area (Å²) in [4.78, 5) is 0. The van der Waals surface area contributed by atoms with E-state index >= 15 is 0 Å². The molecule has 0 aliphatic heterocycles. The molecule has 2 unspecified atom stereocenters. The zero-order valence-electron chi connectivity index (χ0n) is 11.3. The zero-order chi connectivity index (χ0) is 14.7. The fraction of sp³-hybridized carbons (Fsp3) is 0.250. The van der Waals surface area contributed by atoms with E-state index in [1.807, 2.05) is 19.1 Å². The molecule has 0 heterocycles. The van der Waals surface area contributed by atoms with Crippen molar-refractivity contribution in [1.29, 1.82) is 0 Å². The molecule has 2 rings (SSSR count). The van der Waals surface area contributed by atoms with E-state index < -0.39 is 0 Å². The van der Waals surface area contributed by atoms with E-state index in [4.69, 9.17) is 11.6 Å². The minimum atomic E-state index is -0.313. The molecular weight excluding hydrogens is 341 g/mol. The highest BCUT2D eigenvalue weighted by molar-refractivity contribution is 9.10. The molecule has 0 aliphatic carbocycles. The predicted octanol–water partition coefficient (Wildman–Crippen LogP) is 5.65. The second kappa shape index (κ2) is 6.70. The minimum absolute atomic E-state index is 0.0433. The smallest absolute Gasteiger partial charge is 0.124 e. The van der Waals surface area contributed by atoms with Crippen molar-refractivity contribution in [2.75, 3.05) is 0 Å². The van der Waals surface area contributed by atoms with Crippen molar-refractivity contribution in [3.8, 4) is 0 Å². The molecule has 1 nitrogen and oxygen atoms in total. The molecule has 0 bridgehead atoms. The summed E-state index contributed by atoms with van der Waals surface area (Å²) in [6.07, 6.45) is 0. The van der Waals surface area contributed by atoms with Crippen LogP contribution in [0.4, 0.5) is 4.39 Å². The summed E-state index contributed by atoms with van der Waals surface area (Å²) in [5.41, 5.74) is 2.09. The van der Waals surface area contributed by atoms with Crippen LogP contribution in [0.15, 0.2) is 46.9 Å². The molecule has 4 heteroatoms. The van der Waals surface area contributed by atoms with Crippen LogP contribution >= 0.6 is 27.5 Å². The molecule has 0 saturated carbocycles. The van der Waals surface area contributed by atoms with Crippen molar-refractivity contribution in [3.05, 3.63) is 68.9 Å². The first-order valence-corrected chi connectivity index (χ1v) is 7.61. The standard InChI is InChI=1S/C16H16BrClFN/c1-10(12-3-5-13(17)6-4-12)20-11(2)15-8-7-14(19)9-16(15)18/h3-11,20H,1-2H3. The van der Waals surface area contributed by atoms with Gasteiger partial charge >= 0.3 is 0 Å². The first-order chi connectivity index (χ1) is 9.47. The van der Waals surface area contributed by atoms with Gasteiger partial charge in [-0.05, 0) is 49.2 Å². The van der Waals surface area contributed by atoms with Gasteiger partial charge in [-0.15, -0.1) is 0 Å². The van der Waals surface area contributed by atoms with Crippen molar-refractivity contribution in [1.82, 2.24) is 5.32 Å². The Morgan fingerprint density at radius 2 is 1.70 bits per heavy atom. The molecule has 0 saturated heterocycles. The van der Waals surface area contributed by atoms with Crippen LogP contribution in [0.25, 0.3) is 0 Å². The van der Waals surface area contributed by atoms with Crippen molar-refractivity contribution in [2.24, 2.45) is 0 Å².